The lowest BCUT2D eigenvalue weighted by Gasteiger charge is -2.22. The molecular formula is C14H24N2O4. The lowest BCUT2D eigenvalue weighted by molar-refractivity contribution is -0.144. The first-order chi connectivity index (χ1) is 9.52. The maximum absolute atomic E-state index is 11.8. The van der Waals surface area contributed by atoms with Gasteiger partial charge in [0.1, 0.15) is 6.54 Å². The molecule has 2 amide bonds. The van der Waals surface area contributed by atoms with Crippen LogP contribution in [0.15, 0.2) is 0 Å². The summed E-state index contributed by atoms with van der Waals surface area (Å²) >= 11 is 0. The minimum atomic E-state index is -1.05. The summed E-state index contributed by atoms with van der Waals surface area (Å²) in [5.41, 5.74) is 0. The van der Waals surface area contributed by atoms with Gasteiger partial charge in [-0.2, -0.15) is 0 Å². The molecule has 1 rings (SSSR count). The molecule has 0 bridgehead atoms. The molecule has 0 saturated heterocycles. The van der Waals surface area contributed by atoms with Crippen molar-refractivity contribution < 1.29 is 19.5 Å². The Hall–Kier alpha value is -1.59. The molecule has 6 heteroatoms. The van der Waals surface area contributed by atoms with E-state index >= 15 is 0 Å². The van der Waals surface area contributed by atoms with Gasteiger partial charge in [0.2, 0.25) is 11.8 Å². The highest BCUT2D eigenvalue weighted by Crippen LogP contribution is 2.25. The molecule has 0 spiro atoms. The fraction of sp³-hybridized carbons (Fsp3) is 0.786. The lowest BCUT2D eigenvalue weighted by atomic mass is 9.87. The number of carboxylic acid groups (broad SMARTS) is 1. The van der Waals surface area contributed by atoms with Crippen LogP contribution in [-0.2, 0) is 14.4 Å². The highest BCUT2D eigenvalue weighted by molar-refractivity contribution is 5.86. The molecule has 114 valence electrons. The van der Waals surface area contributed by atoms with Crippen LogP contribution in [0.25, 0.3) is 0 Å². The number of hydrogen-bond acceptors (Lipinski definition) is 3. The zero-order valence-corrected chi connectivity index (χ0v) is 12.1. The number of nitrogens with one attached hydrogen (secondary N) is 1. The van der Waals surface area contributed by atoms with Crippen LogP contribution in [0.2, 0.25) is 0 Å². The molecule has 0 aromatic rings. The van der Waals surface area contributed by atoms with E-state index in [1.807, 2.05) is 0 Å². The third-order valence-electron chi connectivity index (χ3n) is 3.70. The van der Waals surface area contributed by atoms with E-state index in [-0.39, 0.29) is 24.9 Å². The quantitative estimate of drug-likeness (QED) is 0.730. The molecule has 1 aliphatic carbocycles. The smallest absolute Gasteiger partial charge is 0.323 e. The number of carboxylic acids is 1. The van der Waals surface area contributed by atoms with Crippen molar-refractivity contribution in [3.05, 3.63) is 0 Å². The largest absolute Gasteiger partial charge is 0.480 e. The average Bonchev–Trinajstić information content (AvgIpc) is 2.43. The molecule has 0 heterocycles. The van der Waals surface area contributed by atoms with E-state index in [1.165, 1.54) is 24.2 Å². The Balaban J connectivity index is 2.28. The first kappa shape index (κ1) is 16.5. The van der Waals surface area contributed by atoms with E-state index < -0.39 is 5.97 Å². The Morgan fingerprint density at radius 2 is 1.85 bits per heavy atom. The molecule has 0 aromatic heterocycles. The molecular weight excluding hydrogens is 260 g/mol. The molecule has 1 fully saturated rings. The number of rotatable bonds is 7. The zero-order valence-electron chi connectivity index (χ0n) is 12.1. The average molecular weight is 284 g/mol. The number of carbonyl (C=O) groups is 3. The molecule has 2 N–H and O–H groups in total. The van der Waals surface area contributed by atoms with E-state index in [2.05, 4.69) is 5.32 Å². The van der Waals surface area contributed by atoms with Crippen LogP contribution in [0.1, 0.15) is 45.4 Å². The second-order valence-electron chi connectivity index (χ2n) is 5.29. The van der Waals surface area contributed by atoms with Gasteiger partial charge in [0.05, 0.1) is 6.54 Å². The summed E-state index contributed by atoms with van der Waals surface area (Å²) in [6.45, 7) is 1.59. The number of likely N-dealkylation sites (N-methyl/N-ethyl adjacent to an activating group) is 1. The third kappa shape index (κ3) is 6.04. The Morgan fingerprint density at radius 3 is 2.40 bits per heavy atom. The van der Waals surface area contributed by atoms with Crippen LogP contribution in [0.5, 0.6) is 0 Å². The van der Waals surface area contributed by atoms with E-state index in [4.69, 9.17) is 5.11 Å². The van der Waals surface area contributed by atoms with E-state index in [1.54, 1.807) is 6.92 Å². The highest BCUT2D eigenvalue weighted by Gasteiger charge is 2.19. The molecule has 6 nitrogen and oxygen atoms in total. The highest BCUT2D eigenvalue weighted by atomic mass is 16.4. The van der Waals surface area contributed by atoms with Crippen LogP contribution in [-0.4, -0.2) is 47.4 Å². The molecule has 1 aliphatic rings. The van der Waals surface area contributed by atoms with Crippen molar-refractivity contribution in [1.29, 1.82) is 0 Å². The SMILES string of the molecule is CCN(CC(=O)O)C(=O)CNC(=O)CC1CCCCC1. The summed E-state index contributed by atoms with van der Waals surface area (Å²) in [4.78, 5) is 35.3. The predicted octanol–water partition coefficient (Wildman–Crippen LogP) is 1.01. The number of aliphatic carboxylic acids is 1. The van der Waals surface area contributed by atoms with Crippen molar-refractivity contribution in [2.45, 2.75) is 45.4 Å². The molecule has 0 radical (unpaired) electrons. The van der Waals surface area contributed by atoms with Gasteiger partial charge in [-0.15, -0.1) is 0 Å². The summed E-state index contributed by atoms with van der Waals surface area (Å²) in [6, 6.07) is 0. The summed E-state index contributed by atoms with van der Waals surface area (Å²) < 4.78 is 0. The summed E-state index contributed by atoms with van der Waals surface area (Å²) in [5.74, 6) is -1.09. The van der Waals surface area contributed by atoms with Crippen molar-refractivity contribution in [3.8, 4) is 0 Å². The number of hydrogen-bond donors (Lipinski definition) is 2. The van der Waals surface area contributed by atoms with Crippen molar-refractivity contribution in [1.82, 2.24) is 10.2 Å². The number of nitrogens with zero attached hydrogens (tertiary/aromatic N) is 1. The number of amides is 2. The van der Waals surface area contributed by atoms with Gasteiger partial charge in [0, 0.05) is 13.0 Å². The molecule has 1 saturated carbocycles. The minimum absolute atomic E-state index is 0.114. The summed E-state index contributed by atoms with van der Waals surface area (Å²) in [5, 5.41) is 11.3. The molecule has 0 aromatic carbocycles. The molecule has 0 aliphatic heterocycles. The predicted molar refractivity (Wildman–Crippen MR) is 74.1 cm³/mol. The maximum atomic E-state index is 11.8. The molecule has 20 heavy (non-hydrogen) atoms. The fourth-order valence-electron chi connectivity index (χ4n) is 2.55. The second-order valence-corrected chi connectivity index (χ2v) is 5.29. The van der Waals surface area contributed by atoms with Crippen molar-refractivity contribution >= 4 is 17.8 Å². The van der Waals surface area contributed by atoms with Gasteiger partial charge in [-0.25, -0.2) is 0 Å². The monoisotopic (exact) mass is 284 g/mol. The first-order valence-corrected chi connectivity index (χ1v) is 7.29. The Bertz CT molecular complexity index is 351. The van der Waals surface area contributed by atoms with Crippen LogP contribution >= 0.6 is 0 Å². The Morgan fingerprint density at radius 1 is 1.20 bits per heavy atom. The topological polar surface area (TPSA) is 86.7 Å². The first-order valence-electron chi connectivity index (χ1n) is 7.29. The number of carbonyl (C=O) groups excluding carboxylic acids is 2. The van der Waals surface area contributed by atoms with E-state index in [0.717, 1.165) is 12.8 Å². The van der Waals surface area contributed by atoms with Gasteiger partial charge in [0.15, 0.2) is 0 Å². The van der Waals surface area contributed by atoms with Crippen LogP contribution in [0.4, 0.5) is 0 Å². The van der Waals surface area contributed by atoms with Gasteiger partial charge in [0.25, 0.3) is 0 Å². The molecule has 0 unspecified atom stereocenters. The van der Waals surface area contributed by atoms with Gasteiger partial charge < -0.3 is 15.3 Å². The van der Waals surface area contributed by atoms with Crippen molar-refractivity contribution in [2.24, 2.45) is 5.92 Å². The van der Waals surface area contributed by atoms with Crippen molar-refractivity contribution in [2.75, 3.05) is 19.6 Å². The minimum Gasteiger partial charge on any atom is -0.480 e. The van der Waals surface area contributed by atoms with Crippen LogP contribution in [0, 0.1) is 5.92 Å². The second kappa shape index (κ2) is 8.55. The Labute approximate surface area is 119 Å². The fourth-order valence-corrected chi connectivity index (χ4v) is 2.55. The normalized spacial score (nSPS) is 15.7. The van der Waals surface area contributed by atoms with Gasteiger partial charge in [-0.3, -0.25) is 14.4 Å². The molecule has 0 atom stereocenters. The van der Waals surface area contributed by atoms with Gasteiger partial charge in [-0.05, 0) is 25.7 Å². The zero-order chi connectivity index (χ0) is 15.0. The lowest BCUT2D eigenvalue weighted by Crippen LogP contribution is -2.42. The third-order valence-corrected chi connectivity index (χ3v) is 3.70. The standard InChI is InChI=1S/C14H24N2O4/c1-2-16(10-14(19)20)13(18)9-15-12(17)8-11-6-4-3-5-7-11/h11H,2-10H2,1H3,(H,15,17)(H,19,20). The Kier molecular flexibility index (Phi) is 7.04. The van der Waals surface area contributed by atoms with E-state index in [9.17, 15) is 14.4 Å². The van der Waals surface area contributed by atoms with E-state index in [0.29, 0.717) is 18.9 Å². The summed E-state index contributed by atoms with van der Waals surface area (Å²) in [7, 11) is 0. The summed E-state index contributed by atoms with van der Waals surface area (Å²) in [6.07, 6.45) is 6.25. The van der Waals surface area contributed by atoms with Gasteiger partial charge in [-0.1, -0.05) is 19.3 Å². The maximum Gasteiger partial charge on any atom is 0.323 e. The van der Waals surface area contributed by atoms with Crippen LogP contribution in [0.3, 0.4) is 0 Å². The van der Waals surface area contributed by atoms with Crippen molar-refractivity contribution in [3.63, 3.8) is 0 Å². The van der Waals surface area contributed by atoms with Gasteiger partial charge >= 0.3 is 5.97 Å². The van der Waals surface area contributed by atoms with Crippen LogP contribution < -0.4 is 5.32 Å².